The minimum absolute atomic E-state index is 0.0302. The van der Waals surface area contributed by atoms with Gasteiger partial charge in [0.15, 0.2) is 16.4 Å². The molecule has 0 aliphatic rings. The lowest BCUT2D eigenvalue weighted by molar-refractivity contribution is 0.354. The van der Waals surface area contributed by atoms with E-state index in [1.807, 2.05) is 0 Å². The summed E-state index contributed by atoms with van der Waals surface area (Å²) in [7, 11) is -1.33. The number of methoxy groups -OCH3 is 2. The van der Waals surface area contributed by atoms with Crippen LogP contribution in [0, 0.1) is 0 Å². The third-order valence-electron chi connectivity index (χ3n) is 5.16. The van der Waals surface area contributed by atoms with E-state index in [4.69, 9.17) is 13.9 Å². The fourth-order valence-electron chi connectivity index (χ4n) is 3.42. The van der Waals surface area contributed by atoms with Crippen LogP contribution >= 0.6 is 0 Å². The Morgan fingerprint density at radius 3 is 2.39 bits per heavy atom. The molecule has 0 fully saturated rings. The first kappa shape index (κ1) is 22.7. The van der Waals surface area contributed by atoms with E-state index >= 15 is 0 Å². The lowest BCUT2D eigenvalue weighted by Gasteiger charge is -2.11. The molecule has 1 heterocycles. The number of rotatable bonds is 9. The van der Waals surface area contributed by atoms with E-state index in [1.165, 1.54) is 44.6 Å². The second-order valence-corrected chi connectivity index (χ2v) is 9.17. The van der Waals surface area contributed by atoms with Crippen LogP contribution in [0.4, 0.5) is 0 Å². The van der Waals surface area contributed by atoms with Gasteiger partial charge in [-0.1, -0.05) is 26.2 Å². The zero-order chi connectivity index (χ0) is 22.6. The molecule has 0 radical (unpaired) electrons. The number of hydrogen-bond acceptors (Lipinski definition) is 7. The summed E-state index contributed by atoms with van der Waals surface area (Å²) in [5.74, 6) is 0.630. The Labute approximate surface area is 181 Å². The highest BCUT2D eigenvalue weighted by Crippen LogP contribution is 2.32. The van der Waals surface area contributed by atoms with Crippen molar-refractivity contribution in [1.82, 2.24) is 0 Å². The van der Waals surface area contributed by atoms with Crippen LogP contribution in [-0.4, -0.2) is 27.7 Å². The van der Waals surface area contributed by atoms with Crippen LogP contribution in [0.5, 0.6) is 17.2 Å². The second kappa shape index (κ2) is 9.43. The van der Waals surface area contributed by atoms with E-state index in [1.54, 1.807) is 6.07 Å². The maximum Gasteiger partial charge on any atom is 0.355 e. The fourth-order valence-corrected chi connectivity index (χ4v) is 4.73. The first-order valence-electron chi connectivity index (χ1n) is 10.1. The number of ether oxygens (including phenoxy) is 2. The van der Waals surface area contributed by atoms with E-state index < -0.39 is 20.4 Å². The van der Waals surface area contributed by atoms with Crippen molar-refractivity contribution in [3.8, 4) is 17.2 Å². The van der Waals surface area contributed by atoms with Crippen LogP contribution in [0.2, 0.25) is 0 Å². The van der Waals surface area contributed by atoms with Gasteiger partial charge in [-0.3, -0.25) is 0 Å². The predicted molar refractivity (Wildman–Crippen MR) is 117 cm³/mol. The number of unbranched alkanes of at least 4 members (excludes halogenated alkanes) is 3. The predicted octanol–water partition coefficient (Wildman–Crippen LogP) is 4.47. The molecule has 3 rings (SSSR count). The average molecular weight is 447 g/mol. The molecule has 0 atom stereocenters. The third kappa shape index (κ3) is 4.69. The maximum atomic E-state index is 13.2. The Balaban J connectivity index is 2.06. The van der Waals surface area contributed by atoms with E-state index in [0.29, 0.717) is 23.1 Å². The molecule has 0 saturated carbocycles. The molecule has 0 amide bonds. The second-order valence-electron chi connectivity index (χ2n) is 7.25. The Bertz CT molecular complexity index is 1240. The van der Waals surface area contributed by atoms with E-state index in [2.05, 4.69) is 6.92 Å². The molecule has 166 valence electrons. The van der Waals surface area contributed by atoms with E-state index in [-0.39, 0.29) is 22.0 Å². The molecule has 0 aliphatic heterocycles. The normalized spacial score (nSPS) is 11.6. The van der Waals surface area contributed by atoms with Gasteiger partial charge in [-0.25, -0.2) is 13.2 Å². The highest BCUT2D eigenvalue weighted by atomic mass is 32.2. The number of phenolic OH excluding ortho intramolecular Hbond substituents is 1. The van der Waals surface area contributed by atoms with Crippen molar-refractivity contribution < 1.29 is 27.4 Å². The molecule has 1 aromatic heterocycles. The van der Waals surface area contributed by atoms with Gasteiger partial charge in [0, 0.05) is 17.5 Å². The maximum absolute atomic E-state index is 13.2. The van der Waals surface area contributed by atoms with Crippen LogP contribution < -0.4 is 15.1 Å². The Morgan fingerprint density at radius 2 is 1.71 bits per heavy atom. The molecule has 3 aromatic rings. The Kier molecular flexibility index (Phi) is 6.90. The number of phenols is 1. The number of aryl methyl sites for hydroxylation is 1. The summed E-state index contributed by atoms with van der Waals surface area (Å²) in [5, 5.41) is 10.7. The van der Waals surface area contributed by atoms with Crippen molar-refractivity contribution in [2.24, 2.45) is 0 Å². The molecule has 8 heteroatoms. The Morgan fingerprint density at radius 1 is 0.968 bits per heavy atom. The van der Waals surface area contributed by atoms with Crippen molar-refractivity contribution >= 4 is 20.8 Å². The van der Waals surface area contributed by atoms with E-state index in [0.717, 1.165) is 25.7 Å². The van der Waals surface area contributed by atoms with Crippen LogP contribution in [0.15, 0.2) is 55.4 Å². The molecule has 0 spiro atoms. The number of sulfone groups is 1. The summed E-state index contributed by atoms with van der Waals surface area (Å²) in [6.45, 7) is 2.12. The van der Waals surface area contributed by atoms with Gasteiger partial charge in [0.2, 0.25) is 9.84 Å². The number of benzene rings is 2. The zero-order valence-corrected chi connectivity index (χ0v) is 18.6. The largest absolute Gasteiger partial charge is 0.508 e. The molecule has 2 aromatic carbocycles. The minimum Gasteiger partial charge on any atom is -0.508 e. The lowest BCUT2D eigenvalue weighted by Crippen LogP contribution is -2.14. The lowest BCUT2D eigenvalue weighted by atomic mass is 10.0. The molecule has 0 aliphatic carbocycles. The first-order chi connectivity index (χ1) is 14.8. The standard InChI is InChI=1S/C23H26O7S/c1-4-5-6-7-8-15-11-16-12-22(23(25)30-20(16)14-18(15)24)31(26,27)17-9-10-19(28-2)21(13-17)29-3/h9-14,24H,4-8H2,1-3H3. The van der Waals surface area contributed by atoms with Gasteiger partial charge in [-0.05, 0) is 42.7 Å². The van der Waals surface area contributed by atoms with Gasteiger partial charge in [0.25, 0.3) is 0 Å². The summed E-state index contributed by atoms with van der Waals surface area (Å²) in [6.07, 6.45) is 4.80. The van der Waals surface area contributed by atoms with Crippen molar-refractivity contribution in [1.29, 1.82) is 0 Å². The molecule has 31 heavy (non-hydrogen) atoms. The van der Waals surface area contributed by atoms with Crippen molar-refractivity contribution in [3.05, 3.63) is 52.4 Å². The topological polar surface area (TPSA) is 103 Å². The van der Waals surface area contributed by atoms with E-state index in [9.17, 15) is 18.3 Å². The molecule has 0 bridgehead atoms. The van der Waals surface area contributed by atoms with Gasteiger partial charge in [0.05, 0.1) is 19.1 Å². The molecule has 7 nitrogen and oxygen atoms in total. The molecular weight excluding hydrogens is 420 g/mol. The van der Waals surface area contributed by atoms with Crippen molar-refractivity contribution in [3.63, 3.8) is 0 Å². The number of hydrogen-bond donors (Lipinski definition) is 1. The average Bonchev–Trinajstić information content (AvgIpc) is 2.76. The zero-order valence-electron chi connectivity index (χ0n) is 17.8. The van der Waals surface area contributed by atoms with Crippen LogP contribution in [-0.2, 0) is 16.3 Å². The molecule has 0 unspecified atom stereocenters. The van der Waals surface area contributed by atoms with Crippen LogP contribution in [0.25, 0.3) is 11.0 Å². The van der Waals surface area contributed by atoms with Gasteiger partial charge in [0.1, 0.15) is 11.3 Å². The number of aromatic hydroxyl groups is 1. The molecular formula is C23H26O7S. The third-order valence-corrected chi connectivity index (χ3v) is 6.89. The summed E-state index contributed by atoms with van der Waals surface area (Å²) in [5.41, 5.74) is -0.185. The van der Waals surface area contributed by atoms with Crippen LogP contribution in [0.3, 0.4) is 0 Å². The highest BCUT2D eigenvalue weighted by Gasteiger charge is 2.25. The summed E-state index contributed by atoms with van der Waals surface area (Å²) in [4.78, 5) is 11.9. The van der Waals surface area contributed by atoms with Gasteiger partial charge >= 0.3 is 5.63 Å². The van der Waals surface area contributed by atoms with Crippen LogP contribution in [0.1, 0.15) is 38.2 Å². The smallest absolute Gasteiger partial charge is 0.355 e. The van der Waals surface area contributed by atoms with Gasteiger partial charge in [-0.2, -0.15) is 0 Å². The fraction of sp³-hybridized carbons (Fsp3) is 0.348. The van der Waals surface area contributed by atoms with Crippen molar-refractivity contribution in [2.45, 2.75) is 48.8 Å². The molecule has 0 saturated heterocycles. The number of fused-ring (bicyclic) bond motifs is 1. The summed E-state index contributed by atoms with van der Waals surface area (Å²) in [6, 6.07) is 8.43. The summed E-state index contributed by atoms with van der Waals surface area (Å²) >= 11 is 0. The molecule has 1 N–H and O–H groups in total. The van der Waals surface area contributed by atoms with Gasteiger partial charge < -0.3 is 19.0 Å². The SMILES string of the molecule is CCCCCCc1cc2cc(S(=O)(=O)c3ccc(OC)c(OC)c3)c(=O)oc2cc1O. The minimum atomic E-state index is -4.17. The first-order valence-corrected chi connectivity index (χ1v) is 11.6. The quantitative estimate of drug-likeness (QED) is 0.382. The summed E-state index contributed by atoms with van der Waals surface area (Å²) < 4.78 is 41.9. The Hall–Kier alpha value is -3.00. The highest BCUT2D eigenvalue weighted by molar-refractivity contribution is 7.91. The van der Waals surface area contributed by atoms with Crippen molar-refractivity contribution in [2.75, 3.05) is 14.2 Å². The van der Waals surface area contributed by atoms with Gasteiger partial charge in [-0.15, -0.1) is 0 Å². The monoisotopic (exact) mass is 446 g/mol.